The molecule has 2 heterocycles. The molecule has 0 saturated heterocycles. The molecule has 7 nitrogen and oxygen atoms in total. The molecule has 0 aliphatic carbocycles. The fourth-order valence-corrected chi connectivity index (χ4v) is 1.20. The summed E-state index contributed by atoms with van der Waals surface area (Å²) in [7, 11) is 1.23. The van der Waals surface area contributed by atoms with E-state index in [4.69, 9.17) is 0 Å². The zero-order valence-electron chi connectivity index (χ0n) is 8.43. The Morgan fingerprint density at radius 2 is 2.25 bits per heavy atom. The number of ether oxygens (including phenoxy) is 1. The first kappa shape index (κ1) is 10.2. The van der Waals surface area contributed by atoms with Crippen LogP contribution in [0, 0.1) is 0 Å². The topological polar surface area (TPSA) is 97.8 Å². The largest absolute Gasteiger partial charge is 0.469 e. The van der Waals surface area contributed by atoms with E-state index in [1.807, 2.05) is 0 Å². The van der Waals surface area contributed by atoms with Gasteiger partial charge >= 0.3 is 5.97 Å². The Bertz CT molecular complexity index is 548. The number of carbonyl (C=O) groups excluding carboxylic acids is 2. The number of nitrogens with one attached hydrogen (secondary N) is 1. The number of pyridine rings is 1. The molecule has 0 bridgehead atoms. The third kappa shape index (κ3) is 1.88. The van der Waals surface area contributed by atoms with Crippen LogP contribution in [-0.4, -0.2) is 39.3 Å². The number of methoxy groups -OCH3 is 1. The molecule has 82 valence electrons. The van der Waals surface area contributed by atoms with Crippen molar-refractivity contribution in [1.82, 2.24) is 20.4 Å². The third-order valence-electron chi connectivity index (χ3n) is 2.03. The molecular weight excluding hydrogens is 212 g/mol. The van der Waals surface area contributed by atoms with Gasteiger partial charge in [-0.3, -0.25) is 9.59 Å². The summed E-state index contributed by atoms with van der Waals surface area (Å²) in [5, 5.41) is 9.93. The predicted octanol–water partition coefficient (Wildman–Crippen LogP) is 0.0987. The number of fused-ring (bicyclic) bond motifs is 1. The predicted molar refractivity (Wildman–Crippen MR) is 52.6 cm³/mol. The number of ketones is 1. The van der Waals surface area contributed by atoms with E-state index in [2.05, 4.69) is 25.1 Å². The molecule has 0 spiro atoms. The molecule has 1 N–H and O–H groups in total. The number of aromatic amines is 1. The third-order valence-corrected chi connectivity index (χ3v) is 2.03. The Hall–Kier alpha value is -2.31. The average Bonchev–Trinajstić information content (AvgIpc) is 2.75. The van der Waals surface area contributed by atoms with Gasteiger partial charge < -0.3 is 4.74 Å². The number of aromatic nitrogens is 4. The molecule has 2 aromatic rings. The highest BCUT2D eigenvalue weighted by Crippen LogP contribution is 2.09. The molecule has 0 radical (unpaired) electrons. The van der Waals surface area contributed by atoms with Crippen molar-refractivity contribution >= 4 is 22.9 Å². The second kappa shape index (κ2) is 4.05. The Balaban J connectivity index is 2.25. The number of carbonyl (C=O) groups is 2. The number of rotatable bonds is 3. The Kier molecular flexibility index (Phi) is 2.59. The highest BCUT2D eigenvalue weighted by molar-refractivity contribution is 6.06. The van der Waals surface area contributed by atoms with E-state index in [-0.39, 0.29) is 12.2 Å². The number of Topliss-reactive ketones (excluding diaryl/α,β-unsaturated/α-hetero) is 1. The number of hydrogen-bond donors (Lipinski definition) is 1. The fraction of sp³-hybridized carbons (Fsp3) is 0.222. The molecule has 0 amide bonds. The first-order valence-corrected chi connectivity index (χ1v) is 4.47. The molecule has 0 aliphatic heterocycles. The lowest BCUT2D eigenvalue weighted by atomic mass is 10.1. The first-order chi connectivity index (χ1) is 7.70. The van der Waals surface area contributed by atoms with Crippen molar-refractivity contribution in [2.24, 2.45) is 0 Å². The van der Waals surface area contributed by atoms with Crippen LogP contribution in [0.25, 0.3) is 11.2 Å². The van der Waals surface area contributed by atoms with Crippen molar-refractivity contribution in [2.45, 2.75) is 6.42 Å². The van der Waals surface area contributed by atoms with Crippen LogP contribution >= 0.6 is 0 Å². The molecule has 7 heteroatoms. The molecular formula is C9H8N4O3. The van der Waals surface area contributed by atoms with Gasteiger partial charge in [0.25, 0.3) is 0 Å². The van der Waals surface area contributed by atoms with E-state index in [0.29, 0.717) is 16.7 Å². The second-order valence-electron chi connectivity index (χ2n) is 3.07. The maximum Gasteiger partial charge on any atom is 0.313 e. The van der Waals surface area contributed by atoms with Crippen molar-refractivity contribution in [3.8, 4) is 0 Å². The summed E-state index contributed by atoms with van der Waals surface area (Å²) in [5.41, 5.74) is 1.22. The van der Waals surface area contributed by atoms with E-state index in [1.165, 1.54) is 19.4 Å². The van der Waals surface area contributed by atoms with Gasteiger partial charge in [-0.25, -0.2) is 4.98 Å². The molecule has 0 unspecified atom stereocenters. The average molecular weight is 220 g/mol. The van der Waals surface area contributed by atoms with Gasteiger partial charge in [-0.2, -0.15) is 10.3 Å². The highest BCUT2D eigenvalue weighted by Gasteiger charge is 2.13. The minimum absolute atomic E-state index is 0.304. The van der Waals surface area contributed by atoms with Crippen molar-refractivity contribution < 1.29 is 14.3 Å². The van der Waals surface area contributed by atoms with E-state index < -0.39 is 5.97 Å². The summed E-state index contributed by atoms with van der Waals surface area (Å²) in [5.74, 6) is -0.936. The van der Waals surface area contributed by atoms with Crippen LogP contribution in [-0.2, 0) is 9.53 Å². The molecule has 0 aromatic carbocycles. The standard InChI is InChI=1S/C9H8N4O3/c1-16-8(15)3-7(14)5-2-6-9(10-4-5)12-13-11-6/h2,4H,3H2,1H3,(H,10,11,12,13). The maximum atomic E-state index is 11.6. The smallest absolute Gasteiger partial charge is 0.313 e. The van der Waals surface area contributed by atoms with Crippen LogP contribution in [0.1, 0.15) is 16.8 Å². The van der Waals surface area contributed by atoms with Crippen molar-refractivity contribution in [3.05, 3.63) is 17.8 Å². The van der Waals surface area contributed by atoms with Gasteiger partial charge in [-0.15, -0.1) is 5.10 Å². The highest BCUT2D eigenvalue weighted by atomic mass is 16.5. The van der Waals surface area contributed by atoms with Gasteiger partial charge in [-0.05, 0) is 6.07 Å². The minimum Gasteiger partial charge on any atom is -0.469 e. The summed E-state index contributed by atoms with van der Waals surface area (Å²) in [6, 6.07) is 1.52. The lowest BCUT2D eigenvalue weighted by Crippen LogP contribution is -2.09. The van der Waals surface area contributed by atoms with Crippen LogP contribution in [0.3, 0.4) is 0 Å². The van der Waals surface area contributed by atoms with Crippen LogP contribution in [0.2, 0.25) is 0 Å². The van der Waals surface area contributed by atoms with Crippen LogP contribution in [0.15, 0.2) is 12.3 Å². The lowest BCUT2D eigenvalue weighted by molar-refractivity contribution is -0.139. The lowest BCUT2D eigenvalue weighted by Gasteiger charge is -1.98. The second-order valence-corrected chi connectivity index (χ2v) is 3.07. The fourth-order valence-electron chi connectivity index (χ4n) is 1.20. The molecule has 2 rings (SSSR count). The monoisotopic (exact) mass is 220 g/mol. The molecule has 0 fully saturated rings. The number of esters is 1. The first-order valence-electron chi connectivity index (χ1n) is 4.47. The van der Waals surface area contributed by atoms with E-state index in [1.54, 1.807) is 0 Å². The van der Waals surface area contributed by atoms with Crippen molar-refractivity contribution in [3.63, 3.8) is 0 Å². The molecule has 0 atom stereocenters. The number of hydrogen-bond acceptors (Lipinski definition) is 6. The van der Waals surface area contributed by atoms with E-state index >= 15 is 0 Å². The van der Waals surface area contributed by atoms with Gasteiger partial charge in [0.15, 0.2) is 5.78 Å². The molecule has 0 saturated carbocycles. The van der Waals surface area contributed by atoms with Crippen LogP contribution in [0.5, 0.6) is 0 Å². The Morgan fingerprint density at radius 1 is 1.44 bits per heavy atom. The number of H-pyrrole nitrogens is 1. The SMILES string of the molecule is COC(=O)CC(=O)c1cnc2n[nH]nc2c1. The minimum atomic E-state index is -0.578. The van der Waals surface area contributed by atoms with Crippen LogP contribution in [0.4, 0.5) is 0 Å². The molecule has 16 heavy (non-hydrogen) atoms. The summed E-state index contributed by atoms with van der Waals surface area (Å²) < 4.78 is 4.40. The van der Waals surface area contributed by atoms with Gasteiger partial charge in [0.05, 0.1) is 7.11 Å². The summed E-state index contributed by atoms with van der Waals surface area (Å²) in [6.07, 6.45) is 1.05. The van der Waals surface area contributed by atoms with E-state index in [9.17, 15) is 9.59 Å². The zero-order chi connectivity index (χ0) is 11.5. The molecule has 0 aliphatic rings. The number of nitrogens with zero attached hydrogens (tertiary/aromatic N) is 3. The van der Waals surface area contributed by atoms with Gasteiger partial charge in [-0.1, -0.05) is 0 Å². The van der Waals surface area contributed by atoms with Gasteiger partial charge in [0, 0.05) is 11.8 Å². The van der Waals surface area contributed by atoms with Gasteiger partial charge in [0.1, 0.15) is 11.9 Å². The van der Waals surface area contributed by atoms with Gasteiger partial charge in [0.2, 0.25) is 5.65 Å². The quantitative estimate of drug-likeness (QED) is 0.447. The molecule has 2 aromatic heterocycles. The van der Waals surface area contributed by atoms with E-state index in [0.717, 1.165) is 0 Å². The van der Waals surface area contributed by atoms with Crippen LogP contribution < -0.4 is 0 Å². The Morgan fingerprint density at radius 3 is 3.00 bits per heavy atom. The zero-order valence-corrected chi connectivity index (χ0v) is 8.43. The maximum absolute atomic E-state index is 11.6. The summed E-state index contributed by atoms with van der Waals surface area (Å²) >= 11 is 0. The Labute approximate surface area is 89.8 Å². The van der Waals surface area contributed by atoms with Crippen molar-refractivity contribution in [2.75, 3.05) is 7.11 Å². The normalized spacial score (nSPS) is 10.3. The summed E-state index contributed by atoms with van der Waals surface area (Å²) in [4.78, 5) is 26.4. The summed E-state index contributed by atoms with van der Waals surface area (Å²) in [6.45, 7) is 0. The van der Waals surface area contributed by atoms with Crippen molar-refractivity contribution in [1.29, 1.82) is 0 Å².